The van der Waals surface area contributed by atoms with E-state index in [0.717, 1.165) is 19.3 Å². The summed E-state index contributed by atoms with van der Waals surface area (Å²) in [5.41, 5.74) is 5.64. The molecule has 1 aromatic heterocycles. The first-order valence-corrected chi connectivity index (χ1v) is 7.29. The van der Waals surface area contributed by atoms with Crippen molar-refractivity contribution in [3.8, 4) is 0 Å². The second-order valence-corrected chi connectivity index (χ2v) is 6.55. The Kier molecular flexibility index (Phi) is 5.81. The molecule has 19 heavy (non-hydrogen) atoms. The first-order valence-electron chi connectivity index (χ1n) is 6.30. The van der Waals surface area contributed by atoms with E-state index in [4.69, 9.17) is 15.4 Å². The second-order valence-electron chi connectivity index (χ2n) is 4.92. The van der Waals surface area contributed by atoms with E-state index >= 15 is 0 Å². The van der Waals surface area contributed by atoms with E-state index in [0.29, 0.717) is 17.5 Å². The highest BCUT2D eigenvalue weighted by Crippen LogP contribution is 2.30. The molecule has 6 nitrogen and oxygen atoms in total. The van der Waals surface area contributed by atoms with Crippen LogP contribution >= 0.6 is 11.8 Å². The van der Waals surface area contributed by atoms with Crippen molar-refractivity contribution in [1.29, 1.82) is 0 Å². The van der Waals surface area contributed by atoms with Gasteiger partial charge in [-0.25, -0.2) is 0 Å². The van der Waals surface area contributed by atoms with Gasteiger partial charge in [0.2, 0.25) is 5.89 Å². The van der Waals surface area contributed by atoms with E-state index in [2.05, 4.69) is 17.1 Å². The van der Waals surface area contributed by atoms with Crippen molar-refractivity contribution in [1.82, 2.24) is 10.1 Å². The molecule has 0 unspecified atom stereocenters. The number of hydrogen-bond acceptors (Lipinski definition) is 6. The molecule has 0 bridgehead atoms. The summed E-state index contributed by atoms with van der Waals surface area (Å²) >= 11 is 1.40. The molecule has 0 saturated heterocycles. The normalized spacial score (nSPS) is 13.5. The van der Waals surface area contributed by atoms with Crippen LogP contribution in [-0.2, 0) is 17.0 Å². The third-order valence-corrected chi connectivity index (χ3v) is 4.24. The fourth-order valence-electron chi connectivity index (χ4n) is 1.42. The lowest BCUT2D eigenvalue weighted by Crippen LogP contribution is -2.46. The van der Waals surface area contributed by atoms with Gasteiger partial charge in [-0.2, -0.15) is 4.98 Å². The van der Waals surface area contributed by atoms with Crippen LogP contribution in [0, 0.1) is 0 Å². The smallest absolute Gasteiger partial charge is 0.321 e. The summed E-state index contributed by atoms with van der Waals surface area (Å²) in [6.07, 6.45) is 2.92. The molecule has 3 N–H and O–H groups in total. The molecular weight excluding hydrogens is 266 g/mol. The molecule has 0 amide bonds. The summed E-state index contributed by atoms with van der Waals surface area (Å²) in [6.45, 7) is 5.70. The average Bonchev–Trinajstić information content (AvgIpc) is 2.81. The molecule has 7 heteroatoms. The molecule has 0 saturated carbocycles. The Labute approximate surface area is 117 Å². The van der Waals surface area contributed by atoms with Gasteiger partial charge in [-0.1, -0.05) is 18.5 Å². The maximum atomic E-state index is 10.9. The number of carboxylic acid groups (broad SMARTS) is 1. The topological polar surface area (TPSA) is 102 Å². The Hall–Kier alpha value is -1.08. The molecule has 0 aromatic carbocycles. The third-order valence-electron chi connectivity index (χ3n) is 2.85. The lowest BCUT2D eigenvalue weighted by Gasteiger charge is -2.27. The first-order chi connectivity index (χ1) is 8.86. The van der Waals surface area contributed by atoms with Gasteiger partial charge in [0.05, 0.1) is 5.75 Å². The Morgan fingerprint density at radius 2 is 2.26 bits per heavy atom. The Bertz CT molecular complexity index is 420. The molecule has 108 valence electrons. The maximum Gasteiger partial charge on any atom is 0.321 e. The summed E-state index contributed by atoms with van der Waals surface area (Å²) in [5, 5.41) is 12.8. The van der Waals surface area contributed by atoms with Crippen molar-refractivity contribution in [2.75, 3.05) is 0 Å². The molecule has 1 atom stereocenters. The molecule has 0 radical (unpaired) electrons. The summed E-state index contributed by atoms with van der Waals surface area (Å²) < 4.78 is 4.53. The van der Waals surface area contributed by atoms with Crippen LogP contribution in [0.25, 0.3) is 0 Å². The number of aliphatic carboxylic acids is 1. The van der Waals surface area contributed by atoms with Gasteiger partial charge in [0.25, 0.3) is 0 Å². The minimum absolute atomic E-state index is 0.465. The molecule has 0 aliphatic carbocycles. The lowest BCUT2D eigenvalue weighted by molar-refractivity contribution is -0.139. The number of carbonyl (C=O) groups is 1. The fourth-order valence-corrected chi connectivity index (χ4v) is 2.31. The van der Waals surface area contributed by atoms with E-state index in [1.54, 1.807) is 13.8 Å². The van der Waals surface area contributed by atoms with E-state index in [-0.39, 0.29) is 0 Å². The van der Waals surface area contributed by atoms with Crippen LogP contribution in [-0.4, -0.2) is 32.0 Å². The Morgan fingerprint density at radius 1 is 1.58 bits per heavy atom. The van der Waals surface area contributed by atoms with E-state index in [9.17, 15) is 4.79 Å². The minimum Gasteiger partial charge on any atom is -0.480 e. The van der Waals surface area contributed by atoms with Gasteiger partial charge < -0.3 is 15.4 Å². The van der Waals surface area contributed by atoms with Crippen LogP contribution in [0.3, 0.4) is 0 Å². The summed E-state index contributed by atoms with van der Waals surface area (Å²) in [6, 6.07) is -0.931. The van der Waals surface area contributed by atoms with Gasteiger partial charge in [0.1, 0.15) is 6.04 Å². The van der Waals surface area contributed by atoms with Crippen molar-refractivity contribution < 1.29 is 14.4 Å². The molecule has 1 aromatic rings. The SMILES string of the molecule is CCCCc1noc(CSC(C)(C)[C@@H](N)C(=O)O)n1. The van der Waals surface area contributed by atoms with Crippen molar-refractivity contribution >= 4 is 17.7 Å². The molecule has 1 heterocycles. The monoisotopic (exact) mass is 287 g/mol. The molecule has 1 rings (SSSR count). The van der Waals surface area contributed by atoms with Gasteiger partial charge in [-0.15, -0.1) is 11.8 Å². The molecule has 0 fully saturated rings. The highest BCUT2D eigenvalue weighted by Gasteiger charge is 2.33. The highest BCUT2D eigenvalue weighted by atomic mass is 32.2. The standard InChI is InChI=1S/C12H21N3O3S/c1-4-5-6-8-14-9(18-15-8)7-19-12(2,3)10(13)11(16)17/h10H,4-7,13H2,1-3H3,(H,16,17)/t10-/m0/s1. The summed E-state index contributed by atoms with van der Waals surface area (Å²) in [7, 11) is 0. The largest absolute Gasteiger partial charge is 0.480 e. The van der Waals surface area contributed by atoms with Gasteiger partial charge in [0, 0.05) is 11.2 Å². The number of aromatic nitrogens is 2. The van der Waals surface area contributed by atoms with Gasteiger partial charge in [-0.3, -0.25) is 4.79 Å². The number of nitrogens with zero attached hydrogens (tertiary/aromatic N) is 2. The van der Waals surface area contributed by atoms with Crippen molar-refractivity contribution in [2.45, 2.75) is 56.6 Å². The molecule has 0 spiro atoms. The van der Waals surface area contributed by atoms with Crippen LogP contribution in [0.15, 0.2) is 4.52 Å². The zero-order chi connectivity index (χ0) is 14.5. The van der Waals surface area contributed by atoms with E-state index < -0.39 is 16.8 Å². The number of aryl methyl sites for hydroxylation is 1. The molecule has 0 aliphatic heterocycles. The zero-order valence-electron chi connectivity index (χ0n) is 11.5. The van der Waals surface area contributed by atoms with E-state index in [1.807, 2.05) is 0 Å². The number of unbranched alkanes of at least 4 members (excludes halogenated alkanes) is 1. The summed E-state index contributed by atoms with van der Waals surface area (Å²) in [4.78, 5) is 15.2. The van der Waals surface area contributed by atoms with Crippen LogP contribution in [0.1, 0.15) is 45.3 Å². The lowest BCUT2D eigenvalue weighted by atomic mass is 10.1. The number of hydrogen-bond donors (Lipinski definition) is 2. The van der Waals surface area contributed by atoms with Crippen LogP contribution in [0.5, 0.6) is 0 Å². The predicted molar refractivity (Wildman–Crippen MR) is 73.9 cm³/mol. The molecular formula is C12H21N3O3S. The number of nitrogens with two attached hydrogens (primary N) is 1. The number of thioether (sulfide) groups is 1. The highest BCUT2D eigenvalue weighted by molar-refractivity contribution is 7.99. The minimum atomic E-state index is -1.01. The Morgan fingerprint density at radius 3 is 2.84 bits per heavy atom. The fraction of sp³-hybridized carbons (Fsp3) is 0.750. The van der Waals surface area contributed by atoms with Crippen molar-refractivity contribution in [3.05, 3.63) is 11.7 Å². The quantitative estimate of drug-likeness (QED) is 0.752. The molecule has 0 aliphatic rings. The van der Waals surface area contributed by atoms with Gasteiger partial charge in [-0.05, 0) is 20.3 Å². The maximum absolute atomic E-state index is 10.9. The third kappa shape index (κ3) is 4.83. The van der Waals surface area contributed by atoms with Crippen LogP contribution in [0.4, 0.5) is 0 Å². The second kappa shape index (κ2) is 6.91. The van der Waals surface area contributed by atoms with Crippen molar-refractivity contribution in [2.24, 2.45) is 5.73 Å². The first kappa shape index (κ1) is 16.0. The van der Waals surface area contributed by atoms with Gasteiger partial charge in [0.15, 0.2) is 5.82 Å². The number of carboxylic acids is 1. The van der Waals surface area contributed by atoms with Gasteiger partial charge >= 0.3 is 5.97 Å². The zero-order valence-corrected chi connectivity index (χ0v) is 12.4. The van der Waals surface area contributed by atoms with Crippen molar-refractivity contribution in [3.63, 3.8) is 0 Å². The van der Waals surface area contributed by atoms with Crippen LogP contribution < -0.4 is 5.73 Å². The van der Waals surface area contributed by atoms with Crippen LogP contribution in [0.2, 0.25) is 0 Å². The summed E-state index contributed by atoms with van der Waals surface area (Å²) in [5.74, 6) is 0.679. The van der Waals surface area contributed by atoms with E-state index in [1.165, 1.54) is 11.8 Å². The predicted octanol–water partition coefficient (Wildman–Crippen LogP) is 1.84. The Balaban J connectivity index is 2.51. The average molecular weight is 287 g/mol. The number of rotatable bonds is 8.